The number of aliphatic hydroxyl groups is 1. The first-order chi connectivity index (χ1) is 6.32. The lowest BCUT2D eigenvalue weighted by atomic mass is 10.2. The Morgan fingerprint density at radius 2 is 2.00 bits per heavy atom. The second-order valence-corrected chi connectivity index (χ2v) is 3.39. The second kappa shape index (κ2) is 5.43. The van der Waals surface area contributed by atoms with Crippen molar-refractivity contribution in [1.29, 1.82) is 0 Å². The van der Waals surface area contributed by atoms with Crippen LogP contribution in [-0.4, -0.2) is 15.7 Å². The topological polar surface area (TPSA) is 20.2 Å². The Morgan fingerprint density at radius 3 is 2.29 bits per heavy atom. The van der Waals surface area contributed by atoms with Crippen molar-refractivity contribution in [2.45, 2.75) is 13.1 Å². The fourth-order valence-electron chi connectivity index (χ4n) is 0.715. The van der Waals surface area contributed by atoms with E-state index in [1.54, 1.807) is 6.92 Å². The number of rotatable bonds is 3. The molecule has 5 heteroatoms. The number of allylic oxidation sites excluding steroid dienone is 4. The lowest BCUT2D eigenvalue weighted by Gasteiger charge is -2.08. The Bertz CT molecular complexity index is 276. The van der Waals surface area contributed by atoms with E-state index in [-0.39, 0.29) is 0 Å². The minimum absolute atomic E-state index is 0.560. The van der Waals surface area contributed by atoms with E-state index in [9.17, 15) is 13.2 Å². The predicted molar refractivity (Wildman–Crippen MR) is 58.6 cm³/mol. The van der Waals surface area contributed by atoms with Gasteiger partial charge in [0.15, 0.2) is 0 Å². The molecule has 0 amide bonds. The summed E-state index contributed by atoms with van der Waals surface area (Å²) in [5.41, 5.74) is -0.451. The van der Waals surface area contributed by atoms with Gasteiger partial charge in [-0.2, -0.15) is 13.2 Å². The molecular weight excluding hydrogens is 308 g/mol. The molecule has 0 aromatic heterocycles. The summed E-state index contributed by atoms with van der Waals surface area (Å²) in [4.78, 5) is 0. The first-order valence-electron chi connectivity index (χ1n) is 3.69. The molecule has 0 heterocycles. The van der Waals surface area contributed by atoms with Gasteiger partial charge in [-0.3, -0.25) is 0 Å². The third-order valence-electron chi connectivity index (χ3n) is 1.38. The van der Waals surface area contributed by atoms with Crippen molar-refractivity contribution in [3.63, 3.8) is 0 Å². The lowest BCUT2D eigenvalue weighted by Crippen LogP contribution is -2.12. The quantitative estimate of drug-likeness (QED) is 0.362. The van der Waals surface area contributed by atoms with Crippen LogP contribution in [0.25, 0.3) is 0 Å². The highest BCUT2D eigenvalue weighted by molar-refractivity contribution is 14.1. The van der Waals surface area contributed by atoms with E-state index in [1.165, 1.54) is 0 Å². The average Bonchev–Trinajstić information content (AvgIpc) is 2.02. The zero-order valence-electron chi connectivity index (χ0n) is 7.53. The van der Waals surface area contributed by atoms with Crippen LogP contribution in [0, 0.1) is 0 Å². The summed E-state index contributed by atoms with van der Waals surface area (Å²) in [6, 6.07) is 0. The van der Waals surface area contributed by atoms with Gasteiger partial charge >= 0.3 is 6.18 Å². The summed E-state index contributed by atoms with van der Waals surface area (Å²) < 4.78 is 37.2. The van der Waals surface area contributed by atoms with Gasteiger partial charge in [-0.25, -0.2) is 0 Å². The van der Waals surface area contributed by atoms with Crippen molar-refractivity contribution >= 4 is 22.6 Å². The van der Waals surface area contributed by atoms with Crippen LogP contribution in [0.2, 0.25) is 0 Å². The minimum Gasteiger partial charge on any atom is -0.507 e. The van der Waals surface area contributed by atoms with Crippen molar-refractivity contribution in [2.75, 3.05) is 4.43 Å². The van der Waals surface area contributed by atoms with Gasteiger partial charge in [0.25, 0.3) is 0 Å². The van der Waals surface area contributed by atoms with Gasteiger partial charge in [-0.05, 0) is 13.0 Å². The van der Waals surface area contributed by atoms with E-state index >= 15 is 0 Å². The molecule has 0 radical (unpaired) electrons. The molecule has 1 nitrogen and oxygen atoms in total. The molecule has 0 saturated carbocycles. The Labute approximate surface area is 94.1 Å². The van der Waals surface area contributed by atoms with E-state index in [2.05, 4.69) is 6.58 Å². The molecule has 0 aliphatic rings. The molecule has 0 atom stereocenters. The van der Waals surface area contributed by atoms with Crippen molar-refractivity contribution in [2.24, 2.45) is 0 Å². The minimum atomic E-state index is -4.56. The molecule has 80 valence electrons. The standard InChI is InChI=1S/C9H10F3IO/c1-3-7(9(10,11)12)8(14)4-6(2)5-13/h3-4,14H,1,5H2,2H3/b6-4+,8-7-. The lowest BCUT2D eigenvalue weighted by molar-refractivity contribution is -0.0904. The first-order valence-corrected chi connectivity index (χ1v) is 5.21. The summed E-state index contributed by atoms with van der Waals surface area (Å²) in [7, 11) is 0. The second-order valence-electron chi connectivity index (χ2n) is 2.63. The SMILES string of the molecule is C=C/C(=C(O)\C=C(/C)CI)C(F)(F)F. The molecule has 0 aliphatic heterocycles. The molecule has 0 aromatic carbocycles. The number of alkyl halides is 4. The molecule has 1 N–H and O–H groups in total. The van der Waals surface area contributed by atoms with E-state index in [1.807, 2.05) is 22.6 Å². The highest BCUT2D eigenvalue weighted by Gasteiger charge is 2.34. The molecule has 0 aliphatic carbocycles. The Kier molecular flexibility index (Phi) is 5.25. The summed E-state index contributed by atoms with van der Waals surface area (Å²) >= 11 is 1.99. The molecule has 0 spiro atoms. The molecule has 0 saturated heterocycles. The molecular formula is C9H10F3IO. The van der Waals surface area contributed by atoms with Crippen LogP contribution in [0.5, 0.6) is 0 Å². The molecule has 0 rings (SSSR count). The third kappa shape index (κ3) is 4.17. The average molecular weight is 318 g/mol. The van der Waals surface area contributed by atoms with Gasteiger partial charge in [0.1, 0.15) is 5.76 Å². The van der Waals surface area contributed by atoms with E-state index in [0.717, 1.165) is 6.08 Å². The zero-order valence-corrected chi connectivity index (χ0v) is 9.69. The van der Waals surface area contributed by atoms with Crippen LogP contribution >= 0.6 is 22.6 Å². The smallest absolute Gasteiger partial charge is 0.419 e. The fourth-order valence-corrected chi connectivity index (χ4v) is 0.935. The molecule has 0 bridgehead atoms. The van der Waals surface area contributed by atoms with Crippen LogP contribution in [-0.2, 0) is 0 Å². The van der Waals surface area contributed by atoms with Crippen LogP contribution in [0.3, 0.4) is 0 Å². The van der Waals surface area contributed by atoms with Crippen LogP contribution in [0.15, 0.2) is 35.6 Å². The van der Waals surface area contributed by atoms with E-state index in [0.29, 0.717) is 16.1 Å². The Balaban J connectivity index is 5.15. The number of hydrogen-bond acceptors (Lipinski definition) is 1. The number of hydrogen-bond donors (Lipinski definition) is 1. The van der Waals surface area contributed by atoms with Gasteiger partial charge in [-0.15, -0.1) is 0 Å². The van der Waals surface area contributed by atoms with Crippen molar-refractivity contribution in [3.8, 4) is 0 Å². The van der Waals surface area contributed by atoms with E-state index in [4.69, 9.17) is 5.11 Å². The monoisotopic (exact) mass is 318 g/mol. The Morgan fingerprint density at radius 1 is 1.50 bits per heavy atom. The van der Waals surface area contributed by atoms with Gasteiger partial charge in [0.2, 0.25) is 0 Å². The maximum Gasteiger partial charge on any atom is 0.419 e. The zero-order chi connectivity index (χ0) is 11.4. The molecule has 14 heavy (non-hydrogen) atoms. The van der Waals surface area contributed by atoms with Gasteiger partial charge in [0, 0.05) is 4.43 Å². The van der Waals surface area contributed by atoms with Crippen molar-refractivity contribution in [1.82, 2.24) is 0 Å². The van der Waals surface area contributed by atoms with Crippen molar-refractivity contribution < 1.29 is 18.3 Å². The largest absolute Gasteiger partial charge is 0.507 e. The summed E-state index contributed by atoms with van der Waals surface area (Å²) in [5, 5.41) is 9.15. The van der Waals surface area contributed by atoms with Crippen LogP contribution in [0.4, 0.5) is 13.2 Å². The summed E-state index contributed by atoms with van der Waals surface area (Å²) in [6.07, 6.45) is -2.86. The van der Waals surface area contributed by atoms with Gasteiger partial charge < -0.3 is 5.11 Å². The van der Waals surface area contributed by atoms with Crippen LogP contribution < -0.4 is 0 Å². The maximum absolute atomic E-state index is 12.2. The third-order valence-corrected chi connectivity index (χ3v) is 2.58. The molecule has 0 aromatic rings. The summed E-state index contributed by atoms with van der Waals surface area (Å²) in [5.74, 6) is -0.790. The summed E-state index contributed by atoms with van der Waals surface area (Å²) in [6.45, 7) is 4.65. The number of halogens is 4. The molecule has 0 fully saturated rings. The number of aliphatic hydroxyl groups excluding tert-OH is 1. The normalized spacial score (nSPS) is 15.1. The van der Waals surface area contributed by atoms with Crippen molar-refractivity contribution in [3.05, 3.63) is 35.6 Å². The first kappa shape index (κ1) is 13.5. The van der Waals surface area contributed by atoms with Gasteiger partial charge in [0.05, 0.1) is 5.57 Å². The highest BCUT2D eigenvalue weighted by Crippen LogP contribution is 2.28. The molecule has 0 unspecified atom stereocenters. The maximum atomic E-state index is 12.2. The predicted octanol–water partition coefficient (Wildman–Crippen LogP) is 3.93. The van der Waals surface area contributed by atoms with E-state index < -0.39 is 17.5 Å². The fraction of sp³-hybridized carbons (Fsp3) is 0.333. The van der Waals surface area contributed by atoms with Gasteiger partial charge in [-0.1, -0.05) is 40.8 Å². The Hall–Kier alpha value is -0.460. The highest BCUT2D eigenvalue weighted by atomic mass is 127. The van der Waals surface area contributed by atoms with Crippen LogP contribution in [0.1, 0.15) is 6.92 Å².